The molecule has 2 N–H and O–H groups in total. The second-order valence-electron chi connectivity index (χ2n) is 5.68. The lowest BCUT2D eigenvalue weighted by molar-refractivity contribution is 1.02. The fraction of sp³-hybridized carbons (Fsp3) is 0.167. The second kappa shape index (κ2) is 6.05. The van der Waals surface area contributed by atoms with E-state index in [9.17, 15) is 0 Å². The van der Waals surface area contributed by atoms with E-state index in [0.717, 1.165) is 27.4 Å². The lowest BCUT2D eigenvalue weighted by Crippen LogP contribution is -2.04. The standard InChI is InChI=1S/C18H17N5S/c1-11-14(12(2)23-22-11)8-19-17-16-15(13-6-4-3-5-7-13)9-24-18(16)21-10-20-17/h3-7,9-10H,8H2,1-2H3,(H,22,23)(H,19,20,21). The summed E-state index contributed by atoms with van der Waals surface area (Å²) < 4.78 is 0. The fourth-order valence-electron chi connectivity index (χ4n) is 2.85. The summed E-state index contributed by atoms with van der Waals surface area (Å²) in [6.45, 7) is 4.73. The number of aryl methyl sites for hydroxylation is 2. The molecule has 0 saturated heterocycles. The molecule has 0 fully saturated rings. The van der Waals surface area contributed by atoms with Gasteiger partial charge in [0.25, 0.3) is 0 Å². The Morgan fingerprint density at radius 3 is 2.71 bits per heavy atom. The van der Waals surface area contributed by atoms with Crippen LogP contribution in [-0.4, -0.2) is 20.2 Å². The maximum absolute atomic E-state index is 4.48. The zero-order valence-corrected chi connectivity index (χ0v) is 14.3. The Morgan fingerprint density at radius 2 is 1.96 bits per heavy atom. The average Bonchev–Trinajstić information content (AvgIpc) is 3.18. The van der Waals surface area contributed by atoms with E-state index in [2.05, 4.69) is 43.0 Å². The van der Waals surface area contributed by atoms with Gasteiger partial charge >= 0.3 is 0 Å². The smallest absolute Gasteiger partial charge is 0.139 e. The number of nitrogens with one attached hydrogen (secondary N) is 2. The number of aromatic amines is 1. The van der Waals surface area contributed by atoms with Gasteiger partial charge in [0.2, 0.25) is 0 Å². The van der Waals surface area contributed by atoms with Crippen molar-refractivity contribution in [1.29, 1.82) is 0 Å². The maximum Gasteiger partial charge on any atom is 0.139 e. The highest BCUT2D eigenvalue weighted by atomic mass is 32.1. The summed E-state index contributed by atoms with van der Waals surface area (Å²) >= 11 is 1.64. The summed E-state index contributed by atoms with van der Waals surface area (Å²) in [6.07, 6.45) is 1.62. The van der Waals surface area contributed by atoms with Crippen molar-refractivity contribution in [1.82, 2.24) is 20.2 Å². The normalized spacial score (nSPS) is 11.1. The highest BCUT2D eigenvalue weighted by molar-refractivity contribution is 7.17. The summed E-state index contributed by atoms with van der Waals surface area (Å²) in [6, 6.07) is 10.4. The monoisotopic (exact) mass is 335 g/mol. The third kappa shape index (κ3) is 2.55. The Kier molecular flexibility index (Phi) is 3.74. The van der Waals surface area contributed by atoms with Crippen molar-refractivity contribution in [3.8, 4) is 11.1 Å². The largest absolute Gasteiger partial charge is 0.365 e. The summed E-state index contributed by atoms with van der Waals surface area (Å²) in [4.78, 5) is 9.89. The number of hydrogen-bond acceptors (Lipinski definition) is 5. The molecule has 0 spiro atoms. The average molecular weight is 335 g/mol. The van der Waals surface area contributed by atoms with E-state index in [1.807, 2.05) is 32.0 Å². The molecular formula is C18H17N5S. The number of thiophene rings is 1. The molecule has 120 valence electrons. The van der Waals surface area contributed by atoms with Crippen molar-refractivity contribution in [3.05, 3.63) is 59.0 Å². The molecule has 1 aromatic carbocycles. The highest BCUT2D eigenvalue weighted by Gasteiger charge is 2.14. The zero-order valence-electron chi connectivity index (χ0n) is 13.5. The summed E-state index contributed by atoms with van der Waals surface area (Å²) in [5.41, 5.74) is 5.62. The van der Waals surface area contributed by atoms with Crippen LogP contribution in [0.1, 0.15) is 17.0 Å². The third-order valence-electron chi connectivity index (χ3n) is 4.17. The number of rotatable bonds is 4. The third-order valence-corrected chi connectivity index (χ3v) is 5.05. The maximum atomic E-state index is 4.48. The van der Waals surface area contributed by atoms with Gasteiger partial charge in [0, 0.05) is 28.7 Å². The Hall–Kier alpha value is -2.73. The molecule has 3 aromatic heterocycles. The minimum absolute atomic E-state index is 0.685. The van der Waals surface area contributed by atoms with Gasteiger partial charge in [-0.25, -0.2) is 9.97 Å². The van der Waals surface area contributed by atoms with Crippen LogP contribution >= 0.6 is 11.3 Å². The van der Waals surface area contributed by atoms with Crippen LogP contribution in [0.15, 0.2) is 42.0 Å². The number of hydrogen-bond donors (Lipinski definition) is 2. The fourth-order valence-corrected chi connectivity index (χ4v) is 3.76. The van der Waals surface area contributed by atoms with E-state index >= 15 is 0 Å². The first-order valence-electron chi connectivity index (χ1n) is 7.76. The molecule has 0 bridgehead atoms. The quantitative estimate of drug-likeness (QED) is 0.583. The molecule has 0 saturated carbocycles. The van der Waals surface area contributed by atoms with Gasteiger partial charge in [-0.1, -0.05) is 30.3 Å². The number of aromatic nitrogens is 4. The molecule has 0 atom stereocenters. The molecule has 0 amide bonds. The van der Waals surface area contributed by atoms with E-state index in [-0.39, 0.29) is 0 Å². The molecular weight excluding hydrogens is 318 g/mol. The van der Waals surface area contributed by atoms with Gasteiger partial charge < -0.3 is 5.32 Å². The molecule has 0 aliphatic carbocycles. The van der Waals surface area contributed by atoms with Gasteiger partial charge in [-0.2, -0.15) is 5.10 Å². The van der Waals surface area contributed by atoms with Gasteiger partial charge in [-0.05, 0) is 19.4 Å². The first-order chi connectivity index (χ1) is 11.7. The number of fused-ring (bicyclic) bond motifs is 1. The second-order valence-corrected chi connectivity index (χ2v) is 6.54. The van der Waals surface area contributed by atoms with Crippen molar-refractivity contribution in [2.45, 2.75) is 20.4 Å². The van der Waals surface area contributed by atoms with Crippen molar-refractivity contribution in [3.63, 3.8) is 0 Å². The molecule has 4 rings (SSSR count). The molecule has 3 heterocycles. The van der Waals surface area contributed by atoms with Gasteiger partial charge in [-0.3, -0.25) is 5.10 Å². The Bertz CT molecular complexity index is 968. The van der Waals surface area contributed by atoms with E-state index in [1.165, 1.54) is 16.7 Å². The van der Waals surface area contributed by atoms with E-state index in [0.29, 0.717) is 6.54 Å². The lowest BCUT2D eigenvalue weighted by Gasteiger charge is -2.08. The van der Waals surface area contributed by atoms with Gasteiger partial charge in [0.05, 0.1) is 11.1 Å². The predicted molar refractivity (Wildman–Crippen MR) is 98.2 cm³/mol. The Labute approximate surface area is 143 Å². The number of H-pyrrole nitrogens is 1. The van der Waals surface area contributed by atoms with Gasteiger partial charge in [0.1, 0.15) is 17.0 Å². The van der Waals surface area contributed by atoms with Crippen LogP contribution in [0, 0.1) is 13.8 Å². The van der Waals surface area contributed by atoms with E-state index in [1.54, 1.807) is 17.7 Å². The lowest BCUT2D eigenvalue weighted by atomic mass is 10.1. The van der Waals surface area contributed by atoms with Crippen LogP contribution in [-0.2, 0) is 6.54 Å². The van der Waals surface area contributed by atoms with Crippen LogP contribution in [0.25, 0.3) is 21.3 Å². The number of anilines is 1. The van der Waals surface area contributed by atoms with Crippen molar-refractivity contribution >= 4 is 27.4 Å². The minimum Gasteiger partial charge on any atom is -0.365 e. The first-order valence-corrected chi connectivity index (χ1v) is 8.64. The Morgan fingerprint density at radius 1 is 1.12 bits per heavy atom. The molecule has 4 aromatic rings. The van der Waals surface area contributed by atoms with E-state index < -0.39 is 0 Å². The van der Waals surface area contributed by atoms with Crippen molar-refractivity contribution in [2.24, 2.45) is 0 Å². The zero-order chi connectivity index (χ0) is 16.5. The number of nitrogens with zero attached hydrogens (tertiary/aromatic N) is 3. The summed E-state index contributed by atoms with van der Waals surface area (Å²) in [5.74, 6) is 0.861. The van der Waals surface area contributed by atoms with Crippen molar-refractivity contribution in [2.75, 3.05) is 5.32 Å². The highest BCUT2D eigenvalue weighted by Crippen LogP contribution is 2.36. The first kappa shape index (κ1) is 14.8. The summed E-state index contributed by atoms with van der Waals surface area (Å²) in [5, 5.41) is 14.0. The molecule has 6 heteroatoms. The summed E-state index contributed by atoms with van der Waals surface area (Å²) in [7, 11) is 0. The van der Waals surface area contributed by atoms with Crippen molar-refractivity contribution < 1.29 is 0 Å². The Balaban J connectivity index is 1.74. The van der Waals surface area contributed by atoms with E-state index in [4.69, 9.17) is 0 Å². The SMILES string of the molecule is Cc1n[nH]c(C)c1CNc1ncnc2scc(-c3ccccc3)c12. The van der Waals surface area contributed by atoms with Crippen LogP contribution in [0.4, 0.5) is 5.82 Å². The molecule has 0 aliphatic heterocycles. The van der Waals surface area contributed by atoms with Crippen LogP contribution in [0.2, 0.25) is 0 Å². The molecule has 5 nitrogen and oxygen atoms in total. The van der Waals surface area contributed by atoms with Gasteiger partial charge in [0.15, 0.2) is 0 Å². The molecule has 0 aliphatic rings. The molecule has 24 heavy (non-hydrogen) atoms. The number of benzene rings is 1. The van der Waals surface area contributed by atoms with Crippen LogP contribution < -0.4 is 5.32 Å². The minimum atomic E-state index is 0.685. The van der Waals surface area contributed by atoms with Gasteiger partial charge in [-0.15, -0.1) is 11.3 Å². The van der Waals surface area contributed by atoms with Crippen LogP contribution in [0.3, 0.4) is 0 Å². The topological polar surface area (TPSA) is 66.5 Å². The van der Waals surface area contributed by atoms with Crippen LogP contribution in [0.5, 0.6) is 0 Å². The predicted octanol–water partition coefficient (Wildman–Crippen LogP) is 4.31. The molecule has 0 unspecified atom stereocenters. The molecule has 0 radical (unpaired) electrons.